The normalized spacial score (nSPS) is 18.6. The van der Waals surface area contributed by atoms with Gasteiger partial charge in [0.1, 0.15) is 17.5 Å². The number of nitrogens with one attached hydrogen (secondary N) is 1. The Morgan fingerprint density at radius 1 is 0.927 bits per heavy atom. The van der Waals surface area contributed by atoms with Gasteiger partial charge in [-0.25, -0.2) is 4.98 Å². The van der Waals surface area contributed by atoms with Crippen LogP contribution >= 0.6 is 11.6 Å². The van der Waals surface area contributed by atoms with E-state index >= 15 is 0 Å². The molecule has 3 aliphatic rings. The summed E-state index contributed by atoms with van der Waals surface area (Å²) >= 11 is 7.12. The Kier molecular flexibility index (Phi) is 11.4. The molecule has 2 aromatic carbocycles. The number of alkyl halides is 3. The number of carbonyl (C=O) groups excluding carboxylic acids is 1. The lowest BCUT2D eigenvalue weighted by molar-refractivity contribution is -0.143. The zero-order chi connectivity index (χ0) is 38.9. The van der Waals surface area contributed by atoms with Crippen LogP contribution in [0.1, 0.15) is 78.9 Å². The van der Waals surface area contributed by atoms with Crippen molar-refractivity contribution in [1.82, 2.24) is 15.3 Å². The Labute approximate surface area is 322 Å². The van der Waals surface area contributed by atoms with Crippen molar-refractivity contribution in [2.75, 3.05) is 20.8 Å². The second-order valence-electron chi connectivity index (χ2n) is 14.7. The minimum Gasteiger partial charge on any atom is -0.481 e. The highest BCUT2D eigenvalue weighted by Crippen LogP contribution is 2.46. The molecule has 0 amide bonds. The molecule has 4 aromatic rings. The molecule has 0 saturated heterocycles. The fourth-order valence-electron chi connectivity index (χ4n) is 8.01. The quantitative estimate of drug-likeness (QED) is 0.122. The van der Waals surface area contributed by atoms with Crippen molar-refractivity contribution in [2.45, 2.75) is 76.6 Å². The predicted octanol–water partition coefficient (Wildman–Crippen LogP) is 9.07. The molecule has 2 N–H and O–H groups in total. The van der Waals surface area contributed by atoms with Crippen molar-refractivity contribution in [3.8, 4) is 40.0 Å². The SMILES string of the molecule is COc1nc(-c2cccc(-c3cccc4c3CC[C@@H]4Oc3nc(OC)c(CC[C@H](C(=O)O)C4CC4)cc3C(F)(F)F)c2Cl)ccc1CNC[C@@H]1CCC(=O)C1. The van der Waals surface area contributed by atoms with Gasteiger partial charge in [0.25, 0.3) is 0 Å². The molecule has 0 unspecified atom stereocenters. The maximum atomic E-state index is 14.5. The Bertz CT molecular complexity index is 2090. The number of aliphatic carboxylic acids is 1. The van der Waals surface area contributed by atoms with Gasteiger partial charge in [0.2, 0.25) is 17.6 Å². The van der Waals surface area contributed by atoms with Crippen molar-refractivity contribution >= 4 is 23.4 Å². The van der Waals surface area contributed by atoms with E-state index in [1.165, 1.54) is 7.11 Å². The van der Waals surface area contributed by atoms with Crippen LogP contribution in [-0.4, -0.2) is 47.6 Å². The summed E-state index contributed by atoms with van der Waals surface area (Å²) in [6.45, 7) is 1.29. The number of ketones is 1. The van der Waals surface area contributed by atoms with E-state index in [0.29, 0.717) is 66.1 Å². The number of pyridine rings is 2. The van der Waals surface area contributed by atoms with Gasteiger partial charge in [-0.15, -0.1) is 0 Å². The Morgan fingerprint density at radius 2 is 1.65 bits per heavy atom. The van der Waals surface area contributed by atoms with Gasteiger partial charge in [-0.1, -0.05) is 54.1 Å². The van der Waals surface area contributed by atoms with Gasteiger partial charge in [0.05, 0.1) is 30.9 Å². The van der Waals surface area contributed by atoms with E-state index in [2.05, 4.69) is 10.3 Å². The second kappa shape index (κ2) is 16.2. The third kappa shape index (κ3) is 8.45. The van der Waals surface area contributed by atoms with Gasteiger partial charge >= 0.3 is 12.1 Å². The first-order valence-electron chi connectivity index (χ1n) is 18.7. The molecule has 0 bridgehead atoms. The van der Waals surface area contributed by atoms with Gasteiger partial charge < -0.3 is 24.6 Å². The van der Waals surface area contributed by atoms with Crippen molar-refractivity contribution < 1.29 is 42.1 Å². The van der Waals surface area contributed by atoms with Gasteiger partial charge in [-0.3, -0.25) is 9.59 Å². The van der Waals surface area contributed by atoms with E-state index in [1.807, 2.05) is 48.5 Å². The van der Waals surface area contributed by atoms with E-state index in [4.69, 9.17) is 30.8 Å². The molecule has 9 nitrogen and oxygen atoms in total. The minimum absolute atomic E-state index is 0.0187. The third-order valence-corrected chi connectivity index (χ3v) is 11.4. The van der Waals surface area contributed by atoms with Crippen LogP contribution in [-0.2, 0) is 35.2 Å². The number of benzene rings is 2. The monoisotopic (exact) mass is 777 g/mol. The minimum atomic E-state index is -4.77. The Hall–Kier alpha value is -4.68. The maximum absolute atomic E-state index is 14.5. The number of Topliss-reactive ketones (excluding diaryl/α,β-unsaturated/α-hetero) is 1. The standard InChI is InChI=1S/C42H43ClF3N3O6/c1-53-38-25(12-15-28(41(51)52)24-10-11-24)20-34(42(44,45)46)40(49-38)55-36-18-16-30-29(5-3-6-31(30)36)32-7-4-8-33(37(32)43)35-17-13-26(39(48-35)54-2)22-47-21-23-9-14-27(50)19-23/h3-8,13,17,20,23-24,28,36,47H,9-12,14-16,18-19,21-22H2,1-2H3,(H,51,52)/t23-,28+,36+/m1/s1. The summed E-state index contributed by atoms with van der Waals surface area (Å²) in [7, 11) is 2.90. The number of fused-ring (bicyclic) bond motifs is 1. The van der Waals surface area contributed by atoms with Crippen molar-refractivity contribution in [3.63, 3.8) is 0 Å². The average Bonchev–Trinajstić information content (AvgIpc) is 3.78. The van der Waals surface area contributed by atoms with Gasteiger partial charge in [0.15, 0.2) is 0 Å². The first kappa shape index (κ1) is 38.6. The highest BCUT2D eigenvalue weighted by atomic mass is 35.5. The van der Waals surface area contributed by atoms with Crippen molar-refractivity contribution in [3.05, 3.63) is 87.4 Å². The molecule has 7 rings (SSSR count). The number of carboxylic acids is 1. The lowest BCUT2D eigenvalue weighted by atomic mass is 9.94. The summed E-state index contributed by atoms with van der Waals surface area (Å²) in [6.07, 6.45) is -0.476. The summed E-state index contributed by atoms with van der Waals surface area (Å²) in [5.74, 6) is -0.987. The highest BCUT2D eigenvalue weighted by molar-refractivity contribution is 6.36. The molecule has 13 heteroatoms. The molecule has 0 radical (unpaired) electrons. The largest absolute Gasteiger partial charge is 0.481 e. The molecule has 290 valence electrons. The molecular formula is C42H43ClF3N3O6. The van der Waals surface area contributed by atoms with Crippen LogP contribution in [0.3, 0.4) is 0 Å². The van der Waals surface area contributed by atoms with Crippen LogP contribution in [0.5, 0.6) is 17.6 Å². The van der Waals surface area contributed by atoms with Crippen LogP contribution in [0.15, 0.2) is 54.6 Å². The Balaban J connectivity index is 1.12. The maximum Gasteiger partial charge on any atom is 0.421 e. The number of aryl methyl sites for hydroxylation is 1. The van der Waals surface area contributed by atoms with E-state index in [9.17, 15) is 27.9 Å². The number of carbonyl (C=O) groups is 2. The van der Waals surface area contributed by atoms with E-state index in [1.54, 1.807) is 7.11 Å². The van der Waals surface area contributed by atoms with Crippen LogP contribution in [0.4, 0.5) is 13.2 Å². The lowest BCUT2D eigenvalue weighted by Gasteiger charge is -2.21. The molecule has 2 heterocycles. The molecule has 0 aliphatic heterocycles. The zero-order valence-electron chi connectivity index (χ0n) is 30.7. The lowest BCUT2D eigenvalue weighted by Crippen LogP contribution is -2.21. The van der Waals surface area contributed by atoms with Gasteiger partial charge in [0, 0.05) is 41.6 Å². The fraction of sp³-hybridized carbons (Fsp3) is 0.429. The zero-order valence-corrected chi connectivity index (χ0v) is 31.4. The number of nitrogens with zero attached hydrogens (tertiary/aromatic N) is 2. The van der Waals surface area contributed by atoms with Gasteiger partial charge in [-0.2, -0.15) is 18.2 Å². The molecule has 2 fully saturated rings. The van der Waals surface area contributed by atoms with Crippen LogP contribution < -0.4 is 19.5 Å². The molecule has 2 aromatic heterocycles. The molecule has 0 spiro atoms. The van der Waals surface area contributed by atoms with Crippen LogP contribution in [0.25, 0.3) is 22.4 Å². The third-order valence-electron chi connectivity index (χ3n) is 11.0. The number of methoxy groups -OCH3 is 2. The van der Waals surface area contributed by atoms with E-state index in [-0.39, 0.29) is 30.2 Å². The highest BCUT2D eigenvalue weighted by Gasteiger charge is 2.40. The van der Waals surface area contributed by atoms with Crippen molar-refractivity contribution in [1.29, 1.82) is 0 Å². The smallest absolute Gasteiger partial charge is 0.421 e. The number of carboxylic acid groups (broad SMARTS) is 1. The summed E-state index contributed by atoms with van der Waals surface area (Å²) in [5, 5.41) is 13.5. The predicted molar refractivity (Wildman–Crippen MR) is 200 cm³/mol. The Morgan fingerprint density at radius 3 is 2.35 bits per heavy atom. The number of aromatic nitrogens is 2. The molecular weight excluding hydrogens is 735 g/mol. The van der Waals surface area contributed by atoms with E-state index < -0.39 is 35.6 Å². The second-order valence-corrected chi connectivity index (χ2v) is 15.0. The first-order valence-corrected chi connectivity index (χ1v) is 19.0. The average molecular weight is 778 g/mol. The summed E-state index contributed by atoms with van der Waals surface area (Å²) < 4.78 is 60.7. The number of rotatable bonds is 15. The first-order chi connectivity index (χ1) is 26.4. The van der Waals surface area contributed by atoms with Gasteiger partial charge in [-0.05, 0) is 92.1 Å². The van der Waals surface area contributed by atoms with E-state index in [0.717, 1.165) is 59.7 Å². The molecule has 3 aliphatic carbocycles. The topological polar surface area (TPSA) is 120 Å². The number of hydrogen-bond donors (Lipinski definition) is 2. The van der Waals surface area contributed by atoms with Crippen molar-refractivity contribution in [2.24, 2.45) is 17.8 Å². The number of halogens is 4. The van der Waals surface area contributed by atoms with Crippen LogP contribution in [0.2, 0.25) is 5.02 Å². The molecule has 55 heavy (non-hydrogen) atoms. The molecule has 2 saturated carbocycles. The number of ether oxygens (including phenoxy) is 3. The van der Waals surface area contributed by atoms with Crippen LogP contribution in [0, 0.1) is 17.8 Å². The fourth-order valence-corrected chi connectivity index (χ4v) is 8.34. The molecule has 3 atom stereocenters. The summed E-state index contributed by atoms with van der Waals surface area (Å²) in [5.41, 5.74) is 4.61. The summed E-state index contributed by atoms with van der Waals surface area (Å²) in [6, 6.07) is 16.1. The number of hydrogen-bond acceptors (Lipinski definition) is 8. The summed E-state index contributed by atoms with van der Waals surface area (Å²) in [4.78, 5) is 32.4.